The minimum Gasteiger partial charge on any atom is -0.493 e. The lowest BCUT2D eigenvalue weighted by atomic mass is 10.0. The van der Waals surface area contributed by atoms with Crippen LogP contribution in [0.1, 0.15) is 21.5 Å². The summed E-state index contributed by atoms with van der Waals surface area (Å²) in [7, 11) is 4.54. The summed E-state index contributed by atoms with van der Waals surface area (Å²) in [6.07, 6.45) is 2.32. The van der Waals surface area contributed by atoms with Crippen LogP contribution in [0.25, 0.3) is 0 Å². The van der Waals surface area contributed by atoms with Gasteiger partial charge in [-0.05, 0) is 29.7 Å². The zero-order valence-corrected chi connectivity index (χ0v) is 14.4. The fourth-order valence-corrected chi connectivity index (χ4v) is 3.02. The van der Waals surface area contributed by atoms with Crippen LogP contribution in [0.3, 0.4) is 0 Å². The zero-order chi connectivity index (χ0) is 18.0. The molecule has 0 fully saturated rings. The van der Waals surface area contributed by atoms with E-state index >= 15 is 0 Å². The number of aromatic amines is 1. The molecule has 0 atom stereocenters. The first-order chi connectivity index (χ1) is 12.1. The second-order valence-electron chi connectivity index (χ2n) is 5.74. The Bertz CT molecular complexity index is 834. The molecule has 7 nitrogen and oxygen atoms in total. The molecule has 0 aliphatic carbocycles. The second-order valence-corrected chi connectivity index (χ2v) is 5.74. The van der Waals surface area contributed by atoms with Crippen molar-refractivity contribution in [3.8, 4) is 17.2 Å². The highest BCUT2D eigenvalue weighted by molar-refractivity contribution is 5.95. The van der Waals surface area contributed by atoms with Crippen LogP contribution in [0.4, 0.5) is 0 Å². The van der Waals surface area contributed by atoms with Crippen LogP contribution in [0.15, 0.2) is 29.2 Å². The Hall–Kier alpha value is -2.96. The van der Waals surface area contributed by atoms with Crippen molar-refractivity contribution in [2.24, 2.45) is 0 Å². The van der Waals surface area contributed by atoms with E-state index in [2.05, 4.69) is 4.98 Å². The molecule has 1 N–H and O–H groups in total. The van der Waals surface area contributed by atoms with Crippen molar-refractivity contribution in [1.82, 2.24) is 9.88 Å². The molecule has 0 spiro atoms. The molecule has 1 aliphatic rings. The Morgan fingerprint density at radius 3 is 2.32 bits per heavy atom. The molecule has 132 valence electrons. The number of carbonyl (C=O) groups excluding carboxylic acids is 1. The van der Waals surface area contributed by atoms with E-state index in [1.54, 1.807) is 29.3 Å². The summed E-state index contributed by atoms with van der Waals surface area (Å²) in [4.78, 5) is 28.7. The van der Waals surface area contributed by atoms with Gasteiger partial charge in [-0.25, -0.2) is 0 Å². The van der Waals surface area contributed by atoms with Gasteiger partial charge in [-0.2, -0.15) is 0 Å². The van der Waals surface area contributed by atoms with Crippen molar-refractivity contribution < 1.29 is 19.0 Å². The number of ether oxygens (including phenoxy) is 3. The van der Waals surface area contributed by atoms with Crippen molar-refractivity contribution in [3.63, 3.8) is 0 Å². The Morgan fingerprint density at radius 1 is 1.04 bits per heavy atom. The first-order valence-corrected chi connectivity index (χ1v) is 7.87. The molecule has 1 aliphatic heterocycles. The molecule has 0 saturated heterocycles. The topological polar surface area (TPSA) is 80.9 Å². The molecule has 0 saturated carbocycles. The fraction of sp³-hybridized carbons (Fsp3) is 0.333. The van der Waals surface area contributed by atoms with Gasteiger partial charge in [0.15, 0.2) is 11.5 Å². The molecule has 1 aromatic heterocycles. The van der Waals surface area contributed by atoms with Gasteiger partial charge in [0, 0.05) is 30.9 Å². The summed E-state index contributed by atoms with van der Waals surface area (Å²) in [6, 6.07) is 4.88. The average Bonchev–Trinajstić information content (AvgIpc) is 2.65. The zero-order valence-electron chi connectivity index (χ0n) is 14.4. The summed E-state index contributed by atoms with van der Waals surface area (Å²) in [6.45, 7) is 0.994. The predicted octanol–water partition coefficient (Wildman–Crippen LogP) is 1.60. The van der Waals surface area contributed by atoms with Gasteiger partial charge in [-0.3, -0.25) is 9.59 Å². The molecule has 2 heterocycles. The number of amides is 1. The Kier molecular flexibility index (Phi) is 4.65. The number of aromatic nitrogens is 1. The number of hydrogen-bond donors (Lipinski definition) is 1. The van der Waals surface area contributed by atoms with Crippen molar-refractivity contribution in [2.45, 2.75) is 13.0 Å². The lowest BCUT2D eigenvalue weighted by Gasteiger charge is -2.29. The van der Waals surface area contributed by atoms with Gasteiger partial charge in [0.25, 0.3) is 5.91 Å². The van der Waals surface area contributed by atoms with Gasteiger partial charge in [0.1, 0.15) is 0 Å². The lowest BCUT2D eigenvalue weighted by molar-refractivity contribution is 0.0733. The highest BCUT2D eigenvalue weighted by Gasteiger charge is 2.24. The second kappa shape index (κ2) is 6.88. The van der Waals surface area contributed by atoms with E-state index < -0.39 is 0 Å². The predicted molar refractivity (Wildman–Crippen MR) is 91.6 cm³/mol. The van der Waals surface area contributed by atoms with Crippen molar-refractivity contribution in [3.05, 3.63) is 51.4 Å². The van der Waals surface area contributed by atoms with E-state index in [9.17, 15) is 9.59 Å². The van der Waals surface area contributed by atoms with E-state index in [1.165, 1.54) is 21.3 Å². The smallest absolute Gasteiger partial charge is 0.254 e. The van der Waals surface area contributed by atoms with Gasteiger partial charge >= 0.3 is 0 Å². The van der Waals surface area contributed by atoms with Crippen LogP contribution in [0, 0.1) is 0 Å². The molecule has 1 aromatic carbocycles. The summed E-state index contributed by atoms with van der Waals surface area (Å²) in [5, 5.41) is 0. The van der Waals surface area contributed by atoms with Gasteiger partial charge in [0.05, 0.1) is 21.3 Å². The number of nitrogens with zero attached hydrogens (tertiary/aromatic N) is 1. The number of nitrogens with one attached hydrogen (secondary N) is 1. The fourth-order valence-electron chi connectivity index (χ4n) is 3.02. The number of benzene rings is 1. The summed E-state index contributed by atoms with van der Waals surface area (Å²) in [5.74, 6) is 1.19. The van der Waals surface area contributed by atoms with E-state index in [-0.39, 0.29) is 11.5 Å². The summed E-state index contributed by atoms with van der Waals surface area (Å²) < 4.78 is 15.9. The molecule has 3 rings (SSSR count). The van der Waals surface area contributed by atoms with E-state index in [1.807, 2.05) is 0 Å². The molecular weight excluding hydrogens is 324 g/mol. The molecule has 0 unspecified atom stereocenters. The maximum absolute atomic E-state index is 12.9. The first kappa shape index (κ1) is 16.9. The number of hydrogen-bond acceptors (Lipinski definition) is 5. The van der Waals surface area contributed by atoms with Gasteiger partial charge in [-0.1, -0.05) is 0 Å². The van der Waals surface area contributed by atoms with E-state index in [0.29, 0.717) is 42.3 Å². The Morgan fingerprint density at radius 2 is 1.72 bits per heavy atom. The Balaban J connectivity index is 1.91. The first-order valence-electron chi connectivity index (χ1n) is 7.87. The largest absolute Gasteiger partial charge is 0.493 e. The number of rotatable bonds is 4. The normalized spacial score (nSPS) is 13.2. The minimum atomic E-state index is -0.129. The molecule has 1 amide bonds. The minimum absolute atomic E-state index is 0.122. The average molecular weight is 344 g/mol. The number of methoxy groups -OCH3 is 3. The van der Waals surface area contributed by atoms with E-state index in [0.717, 1.165) is 11.1 Å². The molecule has 2 aromatic rings. The van der Waals surface area contributed by atoms with Crippen LogP contribution < -0.4 is 19.8 Å². The lowest BCUT2D eigenvalue weighted by Crippen LogP contribution is -2.36. The van der Waals surface area contributed by atoms with Crippen LogP contribution in [0.2, 0.25) is 0 Å². The quantitative estimate of drug-likeness (QED) is 0.911. The monoisotopic (exact) mass is 344 g/mol. The summed E-state index contributed by atoms with van der Waals surface area (Å²) in [5.41, 5.74) is 2.27. The van der Waals surface area contributed by atoms with Gasteiger partial charge in [0.2, 0.25) is 11.3 Å². The summed E-state index contributed by atoms with van der Waals surface area (Å²) >= 11 is 0. The van der Waals surface area contributed by atoms with Crippen LogP contribution in [-0.2, 0) is 13.0 Å². The number of pyridine rings is 1. The third kappa shape index (κ3) is 3.17. The molecule has 0 radical (unpaired) electrons. The third-order valence-corrected chi connectivity index (χ3v) is 4.32. The van der Waals surface area contributed by atoms with Gasteiger partial charge < -0.3 is 24.1 Å². The van der Waals surface area contributed by atoms with E-state index in [4.69, 9.17) is 14.2 Å². The number of H-pyrrole nitrogens is 1. The SMILES string of the molecule is COc1cc(C(=O)N2CCc3cc(=O)[nH]cc3C2)cc(OC)c1OC. The molecular formula is C18H20N2O5. The van der Waals surface area contributed by atoms with Crippen LogP contribution in [0.5, 0.6) is 17.2 Å². The van der Waals surface area contributed by atoms with Gasteiger partial charge in [-0.15, -0.1) is 0 Å². The standard InChI is InChI=1S/C18H20N2O5/c1-23-14-6-12(7-15(24-2)17(14)25-3)18(22)20-5-4-11-8-16(21)19-9-13(11)10-20/h6-9H,4-5,10H2,1-3H3,(H,19,21). The maximum atomic E-state index is 12.9. The molecule has 0 bridgehead atoms. The van der Waals surface area contributed by atoms with Crippen molar-refractivity contribution in [1.29, 1.82) is 0 Å². The Labute approximate surface area is 145 Å². The number of fused-ring (bicyclic) bond motifs is 1. The van der Waals surface area contributed by atoms with Crippen LogP contribution >= 0.6 is 0 Å². The highest BCUT2D eigenvalue weighted by atomic mass is 16.5. The third-order valence-electron chi connectivity index (χ3n) is 4.32. The van der Waals surface area contributed by atoms with Crippen LogP contribution in [-0.4, -0.2) is 43.7 Å². The van der Waals surface area contributed by atoms with Crippen molar-refractivity contribution in [2.75, 3.05) is 27.9 Å². The molecule has 7 heteroatoms. The van der Waals surface area contributed by atoms with Crippen molar-refractivity contribution >= 4 is 5.91 Å². The number of carbonyl (C=O) groups is 1. The maximum Gasteiger partial charge on any atom is 0.254 e. The molecule has 25 heavy (non-hydrogen) atoms. The highest BCUT2D eigenvalue weighted by Crippen LogP contribution is 2.38.